The highest BCUT2D eigenvalue weighted by atomic mass is 32.2. The molecule has 4 rings (SSSR count). The van der Waals surface area contributed by atoms with Crippen LogP contribution in [0.15, 0.2) is 30.5 Å². The molecule has 1 aromatic carbocycles. The second-order valence-corrected chi connectivity index (χ2v) is 8.83. The number of likely N-dealkylation sites (tertiary alicyclic amines) is 1. The molecule has 2 aliphatic rings. The standard InChI is InChI=1S/C17H21N3O3S/c1-24(22,23)19-15-10-17(15)6-8-20(9-7-17)16(21)13-11-18-14-5-3-2-4-12(13)14/h2-5,11,15,18-19H,6-10H2,1H3. The summed E-state index contributed by atoms with van der Waals surface area (Å²) in [6.45, 7) is 1.36. The van der Waals surface area contributed by atoms with Gasteiger partial charge in [-0.3, -0.25) is 4.79 Å². The first-order valence-electron chi connectivity index (χ1n) is 8.21. The molecule has 7 heteroatoms. The number of hydrogen-bond acceptors (Lipinski definition) is 3. The molecule has 128 valence electrons. The second-order valence-electron chi connectivity index (χ2n) is 7.05. The minimum Gasteiger partial charge on any atom is -0.360 e. The summed E-state index contributed by atoms with van der Waals surface area (Å²) in [5.41, 5.74) is 1.73. The quantitative estimate of drug-likeness (QED) is 0.887. The Kier molecular flexibility index (Phi) is 3.47. The molecule has 1 aliphatic carbocycles. The van der Waals surface area contributed by atoms with Crippen molar-refractivity contribution in [3.63, 3.8) is 0 Å². The van der Waals surface area contributed by atoms with Crippen molar-refractivity contribution in [1.82, 2.24) is 14.6 Å². The van der Waals surface area contributed by atoms with Gasteiger partial charge in [0.2, 0.25) is 10.0 Å². The Labute approximate surface area is 141 Å². The number of fused-ring (bicyclic) bond motifs is 1. The number of nitrogens with zero attached hydrogens (tertiary/aromatic N) is 1. The number of hydrogen-bond donors (Lipinski definition) is 2. The fraction of sp³-hybridized carbons (Fsp3) is 0.471. The third-order valence-electron chi connectivity index (χ3n) is 5.41. The number of rotatable bonds is 3. The predicted molar refractivity (Wildman–Crippen MR) is 92.3 cm³/mol. The van der Waals surface area contributed by atoms with E-state index in [1.165, 1.54) is 6.26 Å². The molecule has 1 spiro atoms. The van der Waals surface area contributed by atoms with E-state index in [0.717, 1.165) is 30.2 Å². The lowest BCUT2D eigenvalue weighted by atomic mass is 9.92. The highest BCUT2D eigenvalue weighted by Gasteiger charge is 2.56. The lowest BCUT2D eigenvalue weighted by molar-refractivity contribution is 0.0676. The van der Waals surface area contributed by atoms with Crippen molar-refractivity contribution in [2.75, 3.05) is 19.3 Å². The molecular formula is C17H21N3O3S. The van der Waals surface area contributed by atoms with E-state index in [2.05, 4.69) is 9.71 Å². The van der Waals surface area contributed by atoms with Gasteiger partial charge in [0, 0.05) is 36.2 Å². The maximum atomic E-state index is 12.8. The van der Waals surface area contributed by atoms with Crippen LogP contribution < -0.4 is 4.72 Å². The molecule has 1 aromatic heterocycles. The van der Waals surface area contributed by atoms with Crippen molar-refractivity contribution in [1.29, 1.82) is 0 Å². The minimum absolute atomic E-state index is 0.0397. The SMILES string of the molecule is CS(=O)(=O)NC1CC12CCN(C(=O)c1c[nH]c3ccccc13)CC2. The van der Waals surface area contributed by atoms with Crippen LogP contribution in [0.4, 0.5) is 0 Å². The highest BCUT2D eigenvalue weighted by molar-refractivity contribution is 7.88. The Morgan fingerprint density at radius 3 is 2.71 bits per heavy atom. The van der Waals surface area contributed by atoms with Crippen LogP contribution in [0, 0.1) is 5.41 Å². The Bertz CT molecular complexity index is 895. The molecule has 2 N–H and O–H groups in total. The zero-order valence-corrected chi connectivity index (χ0v) is 14.4. The third-order valence-corrected chi connectivity index (χ3v) is 6.12. The first kappa shape index (κ1) is 15.7. The summed E-state index contributed by atoms with van der Waals surface area (Å²) in [5, 5.41) is 0.950. The van der Waals surface area contributed by atoms with Gasteiger partial charge in [0.15, 0.2) is 0 Å². The Balaban J connectivity index is 1.44. The van der Waals surface area contributed by atoms with E-state index < -0.39 is 10.0 Å². The largest absolute Gasteiger partial charge is 0.360 e. The van der Waals surface area contributed by atoms with E-state index in [4.69, 9.17) is 0 Å². The van der Waals surface area contributed by atoms with Crippen molar-refractivity contribution in [2.24, 2.45) is 5.41 Å². The summed E-state index contributed by atoms with van der Waals surface area (Å²) in [7, 11) is -3.16. The van der Waals surface area contributed by atoms with Gasteiger partial charge in [-0.15, -0.1) is 0 Å². The lowest BCUT2D eigenvalue weighted by Gasteiger charge is -2.32. The van der Waals surface area contributed by atoms with Gasteiger partial charge in [0.1, 0.15) is 0 Å². The average molecular weight is 347 g/mol. The molecule has 0 radical (unpaired) electrons. The predicted octanol–water partition coefficient (Wildman–Crippen LogP) is 1.71. The molecule has 2 heterocycles. The van der Waals surface area contributed by atoms with Crippen LogP contribution in [0.3, 0.4) is 0 Å². The molecule has 1 amide bonds. The summed E-state index contributed by atoms with van der Waals surface area (Å²) in [4.78, 5) is 17.8. The highest BCUT2D eigenvalue weighted by Crippen LogP contribution is 2.54. The normalized spacial score (nSPS) is 22.9. The number of aromatic amines is 1. The van der Waals surface area contributed by atoms with Crippen LogP contribution in [0.2, 0.25) is 0 Å². The maximum absolute atomic E-state index is 12.8. The van der Waals surface area contributed by atoms with Crippen LogP contribution in [0.5, 0.6) is 0 Å². The number of carbonyl (C=O) groups is 1. The molecule has 1 saturated heterocycles. The Morgan fingerprint density at radius 1 is 1.29 bits per heavy atom. The molecule has 1 saturated carbocycles. The molecule has 1 unspecified atom stereocenters. The third kappa shape index (κ3) is 2.71. The molecule has 1 atom stereocenters. The number of sulfonamides is 1. The van der Waals surface area contributed by atoms with Crippen LogP contribution in [0.25, 0.3) is 10.9 Å². The van der Waals surface area contributed by atoms with Crippen molar-refractivity contribution < 1.29 is 13.2 Å². The minimum atomic E-state index is -3.16. The van der Waals surface area contributed by atoms with Crippen molar-refractivity contribution >= 4 is 26.8 Å². The average Bonchev–Trinajstić information content (AvgIpc) is 3.00. The van der Waals surface area contributed by atoms with Gasteiger partial charge >= 0.3 is 0 Å². The number of H-pyrrole nitrogens is 1. The molecule has 6 nitrogen and oxygen atoms in total. The first-order chi connectivity index (χ1) is 11.4. The van der Waals surface area contributed by atoms with E-state index in [0.29, 0.717) is 18.7 Å². The van der Waals surface area contributed by atoms with E-state index in [1.54, 1.807) is 6.20 Å². The summed E-state index contributed by atoms with van der Waals surface area (Å²) in [6.07, 6.45) is 5.58. The fourth-order valence-corrected chi connectivity index (χ4v) is 4.75. The fourth-order valence-electron chi connectivity index (χ4n) is 3.90. The summed E-state index contributed by atoms with van der Waals surface area (Å²) < 4.78 is 25.5. The van der Waals surface area contributed by atoms with Crippen LogP contribution in [-0.2, 0) is 10.0 Å². The number of benzene rings is 1. The number of aromatic nitrogens is 1. The van der Waals surface area contributed by atoms with Crippen molar-refractivity contribution in [2.45, 2.75) is 25.3 Å². The zero-order chi connectivity index (χ0) is 16.9. The van der Waals surface area contributed by atoms with Gasteiger partial charge in [-0.2, -0.15) is 0 Å². The molecule has 2 aromatic rings. The van der Waals surface area contributed by atoms with Crippen LogP contribution in [0.1, 0.15) is 29.6 Å². The molecule has 0 bridgehead atoms. The van der Waals surface area contributed by atoms with Gasteiger partial charge < -0.3 is 9.88 Å². The van der Waals surface area contributed by atoms with E-state index >= 15 is 0 Å². The first-order valence-corrected chi connectivity index (χ1v) is 10.1. The second kappa shape index (κ2) is 5.32. The summed E-state index contributed by atoms with van der Waals surface area (Å²) >= 11 is 0. The number of carbonyl (C=O) groups excluding carboxylic acids is 1. The van der Waals surface area contributed by atoms with Gasteiger partial charge in [0.25, 0.3) is 5.91 Å². The Hall–Kier alpha value is -1.86. The van der Waals surface area contributed by atoms with Gasteiger partial charge in [-0.1, -0.05) is 18.2 Å². The van der Waals surface area contributed by atoms with Crippen LogP contribution in [-0.4, -0.2) is 49.6 Å². The van der Waals surface area contributed by atoms with E-state index in [9.17, 15) is 13.2 Å². The lowest BCUT2D eigenvalue weighted by Crippen LogP contribution is -2.41. The summed E-state index contributed by atoms with van der Waals surface area (Å²) in [6, 6.07) is 7.84. The smallest absolute Gasteiger partial charge is 0.256 e. The molecule has 1 aliphatic heterocycles. The molecule has 24 heavy (non-hydrogen) atoms. The summed E-state index contributed by atoms with van der Waals surface area (Å²) in [5.74, 6) is 0.0515. The van der Waals surface area contributed by atoms with Crippen LogP contribution >= 0.6 is 0 Å². The van der Waals surface area contributed by atoms with Crippen molar-refractivity contribution in [3.8, 4) is 0 Å². The van der Waals surface area contributed by atoms with Gasteiger partial charge in [0.05, 0.1) is 11.8 Å². The molecule has 2 fully saturated rings. The van der Waals surface area contributed by atoms with Gasteiger partial charge in [-0.25, -0.2) is 13.1 Å². The van der Waals surface area contributed by atoms with Crippen molar-refractivity contribution in [3.05, 3.63) is 36.0 Å². The molecular weight excluding hydrogens is 326 g/mol. The number of nitrogens with one attached hydrogen (secondary N) is 2. The number of para-hydroxylation sites is 1. The monoisotopic (exact) mass is 347 g/mol. The van der Waals surface area contributed by atoms with E-state index in [1.807, 2.05) is 29.2 Å². The Morgan fingerprint density at radius 2 is 2.00 bits per heavy atom. The number of amides is 1. The zero-order valence-electron chi connectivity index (χ0n) is 13.6. The van der Waals surface area contributed by atoms with E-state index in [-0.39, 0.29) is 17.4 Å². The van der Waals surface area contributed by atoms with Gasteiger partial charge in [-0.05, 0) is 30.7 Å². The maximum Gasteiger partial charge on any atom is 0.256 e. The number of piperidine rings is 1. The topological polar surface area (TPSA) is 82.3 Å².